The predicted molar refractivity (Wildman–Crippen MR) is 106 cm³/mol. The molecule has 146 valence electrons. The number of carbonyl (C=O) groups is 1. The van der Waals surface area contributed by atoms with Crippen molar-refractivity contribution in [3.8, 4) is 11.6 Å². The number of nitrogens with zero attached hydrogens (tertiary/aromatic N) is 3. The Bertz CT molecular complexity index is 918. The van der Waals surface area contributed by atoms with Crippen LogP contribution in [0, 0.1) is 5.82 Å². The Morgan fingerprint density at radius 3 is 2.68 bits per heavy atom. The Hall–Kier alpha value is -2.61. The Morgan fingerprint density at radius 2 is 1.96 bits per heavy atom. The van der Waals surface area contributed by atoms with Crippen molar-refractivity contribution >= 4 is 23.4 Å². The minimum Gasteiger partial charge on any atom is -0.461 e. The van der Waals surface area contributed by atoms with Gasteiger partial charge in [-0.15, -0.1) is 10.2 Å². The standard InChI is InChI=1S/C20H21FN4O2S/c21-14-8-10-15(11-9-14)22-18(26)13-28-20-24-23-19(17-7-4-12-27-17)25(20)16-5-2-1-3-6-16/h4,7-12,16H,1-3,5-6,13H2,(H,22,26). The van der Waals surface area contributed by atoms with Crippen LogP contribution >= 0.6 is 11.8 Å². The van der Waals surface area contributed by atoms with Crippen LogP contribution in [0.2, 0.25) is 0 Å². The molecule has 0 aliphatic heterocycles. The molecular weight excluding hydrogens is 379 g/mol. The molecule has 0 atom stereocenters. The van der Waals surface area contributed by atoms with E-state index in [4.69, 9.17) is 4.42 Å². The normalized spacial score (nSPS) is 14.9. The molecule has 28 heavy (non-hydrogen) atoms. The Balaban J connectivity index is 1.49. The van der Waals surface area contributed by atoms with E-state index in [1.165, 1.54) is 55.3 Å². The topological polar surface area (TPSA) is 73.0 Å². The van der Waals surface area contributed by atoms with Crippen molar-refractivity contribution in [2.45, 2.75) is 43.3 Å². The van der Waals surface area contributed by atoms with Gasteiger partial charge in [-0.1, -0.05) is 31.0 Å². The zero-order chi connectivity index (χ0) is 19.3. The summed E-state index contributed by atoms with van der Waals surface area (Å²) < 4.78 is 20.6. The Labute approximate surface area is 166 Å². The number of thioether (sulfide) groups is 1. The second kappa shape index (κ2) is 8.60. The fraction of sp³-hybridized carbons (Fsp3) is 0.350. The summed E-state index contributed by atoms with van der Waals surface area (Å²) in [4.78, 5) is 12.3. The molecule has 0 saturated heterocycles. The molecule has 2 aromatic heterocycles. The molecule has 0 spiro atoms. The molecule has 0 bridgehead atoms. The summed E-state index contributed by atoms with van der Waals surface area (Å²) in [5.74, 6) is 1.08. The van der Waals surface area contributed by atoms with Crippen molar-refractivity contribution in [1.29, 1.82) is 0 Å². The summed E-state index contributed by atoms with van der Waals surface area (Å²) >= 11 is 1.35. The highest BCUT2D eigenvalue weighted by Gasteiger charge is 2.25. The van der Waals surface area contributed by atoms with Gasteiger partial charge >= 0.3 is 0 Å². The van der Waals surface area contributed by atoms with E-state index >= 15 is 0 Å². The van der Waals surface area contributed by atoms with Crippen molar-refractivity contribution in [3.05, 3.63) is 48.5 Å². The third-order valence-corrected chi connectivity index (χ3v) is 5.75. The average Bonchev–Trinajstić information content (AvgIpc) is 3.38. The van der Waals surface area contributed by atoms with Gasteiger partial charge in [0.15, 0.2) is 10.9 Å². The van der Waals surface area contributed by atoms with Gasteiger partial charge in [-0.3, -0.25) is 9.36 Å². The fourth-order valence-electron chi connectivity index (χ4n) is 3.48. The van der Waals surface area contributed by atoms with E-state index in [1.54, 1.807) is 6.26 Å². The van der Waals surface area contributed by atoms with E-state index in [-0.39, 0.29) is 17.5 Å². The van der Waals surface area contributed by atoms with Crippen LogP contribution in [0.15, 0.2) is 52.2 Å². The number of carbonyl (C=O) groups excluding carboxylic acids is 1. The van der Waals surface area contributed by atoms with Crippen molar-refractivity contribution in [2.24, 2.45) is 0 Å². The van der Waals surface area contributed by atoms with Gasteiger partial charge in [0.1, 0.15) is 5.82 Å². The van der Waals surface area contributed by atoms with E-state index in [2.05, 4.69) is 20.1 Å². The van der Waals surface area contributed by atoms with Crippen LogP contribution < -0.4 is 5.32 Å². The lowest BCUT2D eigenvalue weighted by Crippen LogP contribution is -2.17. The number of anilines is 1. The number of rotatable bonds is 6. The number of furan rings is 1. The quantitative estimate of drug-likeness (QED) is 0.595. The molecular formula is C20H21FN4O2S. The zero-order valence-corrected chi connectivity index (χ0v) is 16.1. The number of nitrogens with one attached hydrogen (secondary N) is 1. The summed E-state index contributed by atoms with van der Waals surface area (Å²) in [6.07, 6.45) is 7.36. The van der Waals surface area contributed by atoms with E-state index in [9.17, 15) is 9.18 Å². The Kier molecular flexibility index (Phi) is 5.76. The van der Waals surface area contributed by atoms with Gasteiger partial charge in [0.25, 0.3) is 0 Å². The summed E-state index contributed by atoms with van der Waals surface area (Å²) in [5.41, 5.74) is 0.567. The molecule has 8 heteroatoms. The molecule has 1 saturated carbocycles. The van der Waals surface area contributed by atoms with Crippen LogP contribution in [0.1, 0.15) is 38.1 Å². The lowest BCUT2D eigenvalue weighted by molar-refractivity contribution is -0.113. The summed E-state index contributed by atoms with van der Waals surface area (Å²) in [7, 11) is 0. The molecule has 2 heterocycles. The number of aromatic nitrogens is 3. The van der Waals surface area contributed by atoms with Crippen LogP contribution in [-0.4, -0.2) is 26.4 Å². The van der Waals surface area contributed by atoms with Gasteiger partial charge in [0, 0.05) is 11.7 Å². The Morgan fingerprint density at radius 1 is 1.18 bits per heavy atom. The van der Waals surface area contributed by atoms with E-state index in [1.807, 2.05) is 12.1 Å². The molecule has 0 unspecified atom stereocenters. The third-order valence-electron chi connectivity index (χ3n) is 4.81. The highest BCUT2D eigenvalue weighted by Crippen LogP contribution is 2.35. The second-order valence-corrected chi connectivity index (χ2v) is 7.73. The minimum absolute atomic E-state index is 0.172. The molecule has 1 N–H and O–H groups in total. The van der Waals surface area contributed by atoms with E-state index in [0.29, 0.717) is 28.5 Å². The molecule has 1 aliphatic carbocycles. The summed E-state index contributed by atoms with van der Waals surface area (Å²) in [6.45, 7) is 0. The smallest absolute Gasteiger partial charge is 0.234 e. The van der Waals surface area contributed by atoms with Gasteiger partial charge in [0.2, 0.25) is 11.7 Å². The first kappa shape index (κ1) is 18.7. The third kappa shape index (κ3) is 4.27. The number of hydrogen-bond donors (Lipinski definition) is 1. The number of amides is 1. The lowest BCUT2D eigenvalue weighted by atomic mass is 9.95. The van der Waals surface area contributed by atoms with Crippen molar-refractivity contribution in [1.82, 2.24) is 14.8 Å². The highest BCUT2D eigenvalue weighted by molar-refractivity contribution is 7.99. The molecule has 1 fully saturated rings. The van der Waals surface area contributed by atoms with Gasteiger partial charge in [-0.05, 0) is 49.2 Å². The molecule has 1 aromatic carbocycles. The van der Waals surface area contributed by atoms with Crippen LogP contribution in [0.3, 0.4) is 0 Å². The summed E-state index contributed by atoms with van der Waals surface area (Å²) in [6, 6.07) is 9.73. The van der Waals surface area contributed by atoms with Crippen molar-refractivity contribution < 1.29 is 13.6 Å². The molecule has 1 aliphatic rings. The number of hydrogen-bond acceptors (Lipinski definition) is 5. The van der Waals surface area contributed by atoms with E-state index in [0.717, 1.165) is 12.8 Å². The molecule has 6 nitrogen and oxygen atoms in total. The van der Waals surface area contributed by atoms with Gasteiger partial charge in [-0.2, -0.15) is 0 Å². The minimum atomic E-state index is -0.335. The first-order valence-electron chi connectivity index (χ1n) is 9.38. The maximum Gasteiger partial charge on any atom is 0.234 e. The fourth-order valence-corrected chi connectivity index (χ4v) is 4.28. The first-order valence-corrected chi connectivity index (χ1v) is 10.4. The monoisotopic (exact) mass is 400 g/mol. The largest absolute Gasteiger partial charge is 0.461 e. The van der Waals surface area contributed by atoms with Gasteiger partial charge < -0.3 is 9.73 Å². The van der Waals surface area contributed by atoms with Crippen LogP contribution in [-0.2, 0) is 4.79 Å². The number of benzene rings is 1. The van der Waals surface area contributed by atoms with Gasteiger partial charge in [-0.25, -0.2) is 4.39 Å². The number of halogens is 1. The molecule has 0 radical (unpaired) electrons. The first-order chi connectivity index (χ1) is 13.7. The van der Waals surface area contributed by atoms with E-state index < -0.39 is 0 Å². The molecule has 1 amide bonds. The van der Waals surface area contributed by atoms with Gasteiger partial charge in [0.05, 0.1) is 12.0 Å². The zero-order valence-electron chi connectivity index (χ0n) is 15.3. The highest BCUT2D eigenvalue weighted by atomic mass is 32.2. The molecule has 3 aromatic rings. The average molecular weight is 400 g/mol. The van der Waals surface area contributed by atoms with Crippen molar-refractivity contribution in [2.75, 3.05) is 11.1 Å². The van der Waals surface area contributed by atoms with Crippen molar-refractivity contribution in [3.63, 3.8) is 0 Å². The maximum atomic E-state index is 13.0. The second-order valence-electron chi connectivity index (χ2n) is 6.79. The maximum absolute atomic E-state index is 13.0. The van der Waals surface area contributed by atoms with Crippen LogP contribution in [0.25, 0.3) is 11.6 Å². The SMILES string of the molecule is O=C(CSc1nnc(-c2ccco2)n1C1CCCCC1)Nc1ccc(F)cc1. The van der Waals surface area contributed by atoms with Crippen LogP contribution in [0.5, 0.6) is 0 Å². The van der Waals surface area contributed by atoms with Crippen LogP contribution in [0.4, 0.5) is 10.1 Å². The summed E-state index contributed by atoms with van der Waals surface area (Å²) in [5, 5.41) is 12.1. The molecule has 4 rings (SSSR count). The lowest BCUT2D eigenvalue weighted by Gasteiger charge is -2.25. The predicted octanol–water partition coefficient (Wildman–Crippen LogP) is 4.91.